The van der Waals surface area contributed by atoms with Gasteiger partial charge in [-0.15, -0.1) is 0 Å². The molecule has 156 valence electrons. The number of rotatable bonds is 4. The number of nitrogens with one attached hydrogen (secondary N) is 1. The zero-order valence-corrected chi connectivity index (χ0v) is 17.8. The third-order valence-corrected chi connectivity index (χ3v) is 6.08. The average molecular weight is 405 g/mol. The molecule has 0 unspecified atom stereocenters. The van der Waals surface area contributed by atoms with Crippen molar-refractivity contribution < 1.29 is 4.79 Å². The highest BCUT2D eigenvalue weighted by Gasteiger charge is 2.24. The Morgan fingerprint density at radius 3 is 2.47 bits per heavy atom. The summed E-state index contributed by atoms with van der Waals surface area (Å²) in [4.78, 5) is 32.4. The molecular formula is C24H28N4O2. The monoisotopic (exact) mass is 404 g/mol. The molecule has 3 aromatic rings. The molecule has 0 radical (unpaired) electrons. The van der Waals surface area contributed by atoms with Gasteiger partial charge >= 0.3 is 0 Å². The molecule has 1 saturated heterocycles. The Morgan fingerprint density at radius 1 is 1.10 bits per heavy atom. The molecule has 30 heavy (non-hydrogen) atoms. The van der Waals surface area contributed by atoms with Gasteiger partial charge < -0.3 is 9.88 Å². The van der Waals surface area contributed by atoms with E-state index in [1.165, 1.54) is 10.1 Å². The van der Waals surface area contributed by atoms with E-state index in [0.29, 0.717) is 5.52 Å². The first kappa shape index (κ1) is 20.3. The molecule has 1 fully saturated rings. The first-order valence-corrected chi connectivity index (χ1v) is 10.5. The van der Waals surface area contributed by atoms with Crippen LogP contribution in [0.15, 0.2) is 47.3 Å². The summed E-state index contributed by atoms with van der Waals surface area (Å²) in [6.45, 7) is 6.77. The smallest absolute Gasteiger partial charge is 0.282 e. The second-order valence-corrected chi connectivity index (χ2v) is 8.26. The minimum absolute atomic E-state index is 0.0278. The van der Waals surface area contributed by atoms with E-state index in [9.17, 15) is 9.59 Å². The third kappa shape index (κ3) is 4.14. The molecule has 0 spiro atoms. The van der Waals surface area contributed by atoms with Crippen molar-refractivity contribution in [2.75, 3.05) is 13.1 Å². The molecule has 0 saturated carbocycles. The van der Waals surface area contributed by atoms with Crippen LogP contribution < -0.4 is 10.9 Å². The van der Waals surface area contributed by atoms with Crippen molar-refractivity contribution >= 4 is 16.9 Å². The van der Waals surface area contributed by atoms with E-state index in [-0.39, 0.29) is 23.2 Å². The van der Waals surface area contributed by atoms with Gasteiger partial charge in [-0.3, -0.25) is 14.5 Å². The predicted octanol–water partition coefficient (Wildman–Crippen LogP) is 2.94. The van der Waals surface area contributed by atoms with Crippen molar-refractivity contribution in [1.82, 2.24) is 19.8 Å². The Bertz CT molecular complexity index is 1130. The van der Waals surface area contributed by atoms with E-state index in [1.807, 2.05) is 32.0 Å². The van der Waals surface area contributed by atoms with Crippen LogP contribution in [0, 0.1) is 13.8 Å². The summed E-state index contributed by atoms with van der Waals surface area (Å²) in [5.41, 5.74) is 4.51. The van der Waals surface area contributed by atoms with Crippen LogP contribution >= 0.6 is 0 Å². The number of piperidine rings is 1. The lowest BCUT2D eigenvalue weighted by molar-refractivity contribution is 0.0902. The molecule has 0 aliphatic carbocycles. The number of carbonyl (C=O) groups excluding carboxylic acids is 1. The number of hydrogen-bond donors (Lipinski definition) is 1. The van der Waals surface area contributed by atoms with Crippen LogP contribution in [0.3, 0.4) is 0 Å². The molecule has 1 aliphatic heterocycles. The lowest BCUT2D eigenvalue weighted by atomic mass is 10.0. The van der Waals surface area contributed by atoms with Crippen molar-refractivity contribution in [3.8, 4) is 0 Å². The van der Waals surface area contributed by atoms with Crippen molar-refractivity contribution in [3.63, 3.8) is 0 Å². The fourth-order valence-corrected chi connectivity index (χ4v) is 4.06. The maximum Gasteiger partial charge on any atom is 0.282 e. The van der Waals surface area contributed by atoms with Gasteiger partial charge in [0.25, 0.3) is 11.5 Å². The van der Waals surface area contributed by atoms with Gasteiger partial charge in [0.05, 0.1) is 11.0 Å². The normalized spacial score (nSPS) is 15.4. The average Bonchev–Trinajstić information content (AvgIpc) is 2.74. The maximum absolute atomic E-state index is 12.9. The summed E-state index contributed by atoms with van der Waals surface area (Å²) in [5.74, 6) is -0.378. The van der Waals surface area contributed by atoms with E-state index in [1.54, 1.807) is 7.05 Å². The molecule has 1 aliphatic rings. The number of nitrogens with zero attached hydrogens (tertiary/aromatic N) is 3. The van der Waals surface area contributed by atoms with Crippen LogP contribution in [0.25, 0.3) is 11.0 Å². The number of carbonyl (C=O) groups is 1. The zero-order valence-electron chi connectivity index (χ0n) is 17.8. The lowest BCUT2D eigenvalue weighted by Crippen LogP contribution is -2.46. The van der Waals surface area contributed by atoms with Gasteiger partial charge in [-0.25, -0.2) is 4.98 Å². The third-order valence-electron chi connectivity index (χ3n) is 6.08. The summed E-state index contributed by atoms with van der Waals surface area (Å²) in [6, 6.07) is 14.4. The first-order valence-electron chi connectivity index (χ1n) is 10.5. The number of likely N-dealkylation sites (tertiary alicyclic amines) is 1. The summed E-state index contributed by atoms with van der Waals surface area (Å²) >= 11 is 0. The number of hydrogen-bond acceptors (Lipinski definition) is 4. The van der Waals surface area contributed by atoms with Gasteiger partial charge in [0.2, 0.25) is 0 Å². The minimum atomic E-state index is -0.378. The molecular weight excluding hydrogens is 376 g/mol. The molecule has 4 rings (SSSR count). The summed E-state index contributed by atoms with van der Waals surface area (Å²) in [7, 11) is 1.69. The van der Waals surface area contributed by atoms with Gasteiger partial charge in [0, 0.05) is 32.7 Å². The Labute approximate surface area is 176 Å². The second-order valence-electron chi connectivity index (χ2n) is 8.26. The number of aromatic nitrogens is 2. The summed E-state index contributed by atoms with van der Waals surface area (Å²) < 4.78 is 1.52. The Morgan fingerprint density at radius 2 is 1.77 bits per heavy atom. The predicted molar refractivity (Wildman–Crippen MR) is 119 cm³/mol. The van der Waals surface area contributed by atoms with Gasteiger partial charge in [-0.2, -0.15) is 0 Å². The van der Waals surface area contributed by atoms with Crippen molar-refractivity contribution in [3.05, 3.63) is 75.2 Å². The molecule has 2 heterocycles. The van der Waals surface area contributed by atoms with Gasteiger partial charge in [0.1, 0.15) is 0 Å². The second kappa shape index (κ2) is 8.40. The van der Waals surface area contributed by atoms with Crippen molar-refractivity contribution in [1.29, 1.82) is 0 Å². The SMILES string of the molecule is Cc1cc2nc(C(=O)NC3CCN(Cc4ccccc4)CC3)c(=O)n(C)c2cc1C. The van der Waals surface area contributed by atoms with Crippen LogP contribution in [-0.4, -0.2) is 39.5 Å². The van der Waals surface area contributed by atoms with Gasteiger partial charge in [0.15, 0.2) is 5.69 Å². The van der Waals surface area contributed by atoms with Gasteiger partial charge in [-0.1, -0.05) is 30.3 Å². The van der Waals surface area contributed by atoms with E-state index in [2.05, 4.69) is 39.5 Å². The van der Waals surface area contributed by atoms with E-state index in [4.69, 9.17) is 0 Å². The standard InChI is InChI=1S/C24H28N4O2/c1-16-13-20-21(14-17(16)2)27(3)24(30)22(26-20)23(29)25-19-9-11-28(12-10-19)15-18-7-5-4-6-8-18/h4-8,13-14,19H,9-12,15H2,1-3H3,(H,25,29). The van der Waals surface area contributed by atoms with Crippen LogP contribution in [0.2, 0.25) is 0 Å². The minimum Gasteiger partial charge on any atom is -0.348 e. The van der Waals surface area contributed by atoms with Crippen LogP contribution in [0.5, 0.6) is 0 Å². The Hall–Kier alpha value is -2.99. The van der Waals surface area contributed by atoms with E-state index >= 15 is 0 Å². The molecule has 1 aromatic heterocycles. The van der Waals surface area contributed by atoms with E-state index in [0.717, 1.165) is 49.1 Å². The van der Waals surface area contributed by atoms with Crippen LogP contribution in [0.4, 0.5) is 0 Å². The Kier molecular flexibility index (Phi) is 5.68. The first-order chi connectivity index (χ1) is 14.4. The fourth-order valence-electron chi connectivity index (χ4n) is 4.06. The highest BCUT2D eigenvalue weighted by atomic mass is 16.2. The number of benzene rings is 2. The molecule has 2 aromatic carbocycles. The quantitative estimate of drug-likeness (QED) is 0.726. The topological polar surface area (TPSA) is 67.2 Å². The van der Waals surface area contributed by atoms with Crippen molar-refractivity contribution in [2.45, 2.75) is 39.3 Å². The van der Waals surface area contributed by atoms with E-state index < -0.39 is 0 Å². The number of amides is 1. The summed E-state index contributed by atoms with van der Waals surface area (Å²) in [5, 5.41) is 3.04. The highest BCUT2D eigenvalue weighted by Crippen LogP contribution is 2.17. The highest BCUT2D eigenvalue weighted by molar-refractivity contribution is 5.94. The lowest BCUT2D eigenvalue weighted by Gasteiger charge is -2.32. The summed E-state index contributed by atoms with van der Waals surface area (Å²) in [6.07, 6.45) is 1.73. The fraction of sp³-hybridized carbons (Fsp3) is 0.375. The molecule has 6 heteroatoms. The molecule has 1 amide bonds. The van der Waals surface area contributed by atoms with Gasteiger partial charge in [-0.05, 0) is 55.5 Å². The Balaban J connectivity index is 1.44. The van der Waals surface area contributed by atoms with Crippen LogP contribution in [0.1, 0.15) is 40.0 Å². The molecule has 6 nitrogen and oxygen atoms in total. The van der Waals surface area contributed by atoms with Crippen molar-refractivity contribution in [2.24, 2.45) is 7.05 Å². The largest absolute Gasteiger partial charge is 0.348 e. The van der Waals surface area contributed by atoms with Crippen LogP contribution in [-0.2, 0) is 13.6 Å². The number of aryl methyl sites for hydroxylation is 3. The zero-order chi connectivity index (χ0) is 21.3. The molecule has 0 atom stereocenters. The number of fused-ring (bicyclic) bond motifs is 1. The molecule has 0 bridgehead atoms. The molecule has 1 N–H and O–H groups in total. The maximum atomic E-state index is 12.9.